The molecule has 0 atom stereocenters. The van der Waals surface area contributed by atoms with Gasteiger partial charge in [0, 0.05) is 0 Å². The van der Waals surface area contributed by atoms with E-state index in [4.69, 9.17) is 14.9 Å². The van der Waals surface area contributed by atoms with Crippen molar-refractivity contribution in [1.29, 1.82) is 5.41 Å². The Balaban J connectivity index is 3.03. The topological polar surface area (TPSA) is 42.3 Å². The Bertz CT molecular complexity index is 284. The second kappa shape index (κ2) is 3.76. The molecule has 0 heterocycles. The molecule has 0 radical (unpaired) electrons. The van der Waals surface area contributed by atoms with E-state index in [0.717, 1.165) is 12.0 Å². The second-order valence-electron chi connectivity index (χ2n) is 2.39. The molecule has 1 aromatic rings. The van der Waals surface area contributed by atoms with Gasteiger partial charge < -0.3 is 9.47 Å². The lowest BCUT2D eigenvalue weighted by molar-refractivity contribution is 0.393. The van der Waals surface area contributed by atoms with Crippen molar-refractivity contribution in [2.45, 2.75) is 6.92 Å². The lowest BCUT2D eigenvalue weighted by Gasteiger charge is -2.06. The number of hydrogen-bond donors (Lipinski definition) is 1. The Morgan fingerprint density at radius 2 is 2.08 bits per heavy atom. The fourth-order valence-corrected chi connectivity index (χ4v) is 0.940. The van der Waals surface area contributed by atoms with E-state index >= 15 is 0 Å². The van der Waals surface area contributed by atoms with Crippen molar-refractivity contribution in [3.05, 3.63) is 23.8 Å². The molecule has 0 unspecified atom stereocenters. The molecule has 1 N–H and O–H groups in total. The van der Waals surface area contributed by atoms with Crippen molar-refractivity contribution in [1.82, 2.24) is 0 Å². The summed E-state index contributed by atoms with van der Waals surface area (Å²) in [5, 5.41) is 6.78. The summed E-state index contributed by atoms with van der Waals surface area (Å²) in [5.74, 6) is 1.22. The highest BCUT2D eigenvalue weighted by Gasteiger charge is 2.01. The molecule has 0 bridgehead atoms. The summed E-state index contributed by atoms with van der Waals surface area (Å²) in [6.07, 6.45) is 0.886. The summed E-state index contributed by atoms with van der Waals surface area (Å²) in [6, 6.07) is 5.56. The lowest BCUT2D eigenvalue weighted by atomic mass is 10.2. The molecule has 0 spiro atoms. The Kier molecular flexibility index (Phi) is 2.69. The van der Waals surface area contributed by atoms with Crippen molar-refractivity contribution in [3.63, 3.8) is 0 Å². The Labute approximate surface area is 71.4 Å². The molecule has 1 aromatic carbocycles. The maximum Gasteiger partial charge on any atom is 0.174 e. The van der Waals surface area contributed by atoms with Crippen molar-refractivity contribution in [3.8, 4) is 11.5 Å². The molecule has 3 nitrogen and oxygen atoms in total. The van der Waals surface area contributed by atoms with E-state index < -0.39 is 0 Å². The predicted molar refractivity (Wildman–Crippen MR) is 47.1 cm³/mol. The summed E-state index contributed by atoms with van der Waals surface area (Å²) in [5.41, 5.74) is 1.08. The number of benzene rings is 1. The third-order valence-corrected chi connectivity index (χ3v) is 1.51. The van der Waals surface area contributed by atoms with E-state index in [1.54, 1.807) is 7.11 Å². The number of rotatable bonds is 3. The van der Waals surface area contributed by atoms with Crippen molar-refractivity contribution in [2.24, 2.45) is 0 Å². The molecule has 64 valence electrons. The maximum atomic E-state index is 6.78. The van der Waals surface area contributed by atoms with Crippen LogP contribution in [0.5, 0.6) is 11.5 Å². The molecular weight excluding hydrogens is 154 g/mol. The fourth-order valence-electron chi connectivity index (χ4n) is 0.940. The number of hydrogen-bond acceptors (Lipinski definition) is 3. The molecular formula is C9H11NO2. The van der Waals surface area contributed by atoms with Gasteiger partial charge in [0.25, 0.3) is 0 Å². The third kappa shape index (κ3) is 1.75. The molecule has 0 saturated carbocycles. The average Bonchev–Trinajstić information content (AvgIpc) is 2.05. The maximum absolute atomic E-state index is 6.78. The Morgan fingerprint density at radius 3 is 2.67 bits per heavy atom. The van der Waals surface area contributed by atoms with Crippen LogP contribution in [-0.4, -0.2) is 13.5 Å². The highest BCUT2D eigenvalue weighted by atomic mass is 16.5. The molecule has 1 rings (SSSR count). The Hall–Kier alpha value is -1.51. The van der Waals surface area contributed by atoms with Crippen molar-refractivity contribution in [2.75, 3.05) is 7.11 Å². The highest BCUT2D eigenvalue weighted by Crippen LogP contribution is 2.26. The van der Waals surface area contributed by atoms with E-state index in [-0.39, 0.29) is 0 Å². The van der Waals surface area contributed by atoms with Gasteiger partial charge >= 0.3 is 0 Å². The number of aryl methyl sites for hydroxylation is 1. The van der Waals surface area contributed by atoms with Crippen LogP contribution in [0.3, 0.4) is 0 Å². The van der Waals surface area contributed by atoms with Crippen LogP contribution < -0.4 is 9.47 Å². The van der Waals surface area contributed by atoms with Crippen LogP contribution >= 0.6 is 0 Å². The van der Waals surface area contributed by atoms with E-state index in [0.29, 0.717) is 11.5 Å². The third-order valence-electron chi connectivity index (χ3n) is 1.51. The van der Waals surface area contributed by atoms with Crippen molar-refractivity contribution < 1.29 is 9.47 Å². The first-order valence-electron chi connectivity index (χ1n) is 3.58. The molecule has 0 aliphatic carbocycles. The lowest BCUT2D eigenvalue weighted by Crippen LogP contribution is -1.92. The van der Waals surface area contributed by atoms with E-state index in [9.17, 15) is 0 Å². The van der Waals surface area contributed by atoms with Crippen molar-refractivity contribution >= 4 is 6.40 Å². The highest BCUT2D eigenvalue weighted by molar-refractivity contribution is 5.53. The number of nitrogens with one attached hydrogen (secondary N) is 1. The van der Waals surface area contributed by atoms with Gasteiger partial charge in [0.1, 0.15) is 0 Å². The summed E-state index contributed by atoms with van der Waals surface area (Å²) in [6.45, 7) is 1.95. The molecule has 0 aromatic heterocycles. The average molecular weight is 165 g/mol. The second-order valence-corrected chi connectivity index (χ2v) is 2.39. The van der Waals surface area contributed by atoms with Gasteiger partial charge in [0.15, 0.2) is 17.9 Å². The number of ether oxygens (including phenoxy) is 2. The van der Waals surface area contributed by atoms with Crippen LogP contribution in [0.2, 0.25) is 0 Å². The van der Waals surface area contributed by atoms with Crippen LogP contribution in [-0.2, 0) is 0 Å². The van der Waals surface area contributed by atoms with Gasteiger partial charge in [0.2, 0.25) is 0 Å². The van der Waals surface area contributed by atoms with Crippen LogP contribution in [0.4, 0.5) is 0 Å². The van der Waals surface area contributed by atoms with E-state index in [1.165, 1.54) is 0 Å². The van der Waals surface area contributed by atoms with Gasteiger partial charge in [0.05, 0.1) is 7.11 Å². The minimum Gasteiger partial charge on any atom is -0.493 e. The molecule has 0 fully saturated rings. The standard InChI is InChI=1S/C9H11NO2/c1-7-3-4-8(11-2)9(5-7)12-6-10/h3-6,10H,1-2H3. The van der Waals surface area contributed by atoms with Gasteiger partial charge in [-0.3, -0.25) is 5.41 Å². The summed E-state index contributed by atoms with van der Waals surface area (Å²) in [4.78, 5) is 0. The minimum absolute atomic E-state index is 0.576. The summed E-state index contributed by atoms with van der Waals surface area (Å²) < 4.78 is 9.95. The monoisotopic (exact) mass is 165 g/mol. The van der Waals surface area contributed by atoms with Gasteiger partial charge in [-0.2, -0.15) is 0 Å². The van der Waals surface area contributed by atoms with Crippen LogP contribution in [0.25, 0.3) is 0 Å². The quantitative estimate of drug-likeness (QED) is 0.549. The SMILES string of the molecule is COc1ccc(C)cc1OC=N. The van der Waals surface area contributed by atoms with Crippen LogP contribution in [0, 0.1) is 12.3 Å². The molecule has 3 heteroatoms. The van der Waals surface area contributed by atoms with Crippen LogP contribution in [0.1, 0.15) is 5.56 Å². The number of methoxy groups -OCH3 is 1. The van der Waals surface area contributed by atoms with Crippen LogP contribution in [0.15, 0.2) is 18.2 Å². The zero-order valence-corrected chi connectivity index (χ0v) is 7.13. The Morgan fingerprint density at radius 1 is 1.33 bits per heavy atom. The summed E-state index contributed by atoms with van der Waals surface area (Å²) in [7, 11) is 1.57. The van der Waals surface area contributed by atoms with E-state index in [2.05, 4.69) is 0 Å². The van der Waals surface area contributed by atoms with Gasteiger partial charge in [-0.25, -0.2) is 0 Å². The van der Waals surface area contributed by atoms with Gasteiger partial charge in [-0.15, -0.1) is 0 Å². The first-order valence-corrected chi connectivity index (χ1v) is 3.58. The molecule has 0 amide bonds. The minimum atomic E-state index is 0.576. The molecule has 12 heavy (non-hydrogen) atoms. The largest absolute Gasteiger partial charge is 0.493 e. The summed E-state index contributed by atoms with van der Waals surface area (Å²) >= 11 is 0. The normalized spacial score (nSPS) is 9.17. The first-order chi connectivity index (χ1) is 5.77. The molecule has 0 aliphatic rings. The smallest absolute Gasteiger partial charge is 0.174 e. The first kappa shape index (κ1) is 8.59. The van der Waals surface area contributed by atoms with Gasteiger partial charge in [-0.05, 0) is 24.6 Å². The van der Waals surface area contributed by atoms with Gasteiger partial charge in [-0.1, -0.05) is 6.07 Å². The molecule has 0 saturated heterocycles. The zero-order chi connectivity index (χ0) is 8.97. The molecule has 0 aliphatic heterocycles. The van der Waals surface area contributed by atoms with E-state index in [1.807, 2.05) is 25.1 Å². The zero-order valence-electron chi connectivity index (χ0n) is 7.13. The fraction of sp³-hybridized carbons (Fsp3) is 0.222. The predicted octanol–water partition coefficient (Wildman–Crippen LogP) is 1.99.